The molecule has 0 aliphatic carbocycles. The fourth-order valence-electron chi connectivity index (χ4n) is 3.23. The van der Waals surface area contributed by atoms with Gasteiger partial charge in [-0.15, -0.1) is 0 Å². The Morgan fingerprint density at radius 3 is 2.60 bits per heavy atom. The summed E-state index contributed by atoms with van der Waals surface area (Å²) in [5.74, 6) is 2.72. The Bertz CT molecular complexity index is 406. The van der Waals surface area contributed by atoms with Crippen molar-refractivity contribution < 1.29 is 0 Å². The van der Waals surface area contributed by atoms with Crippen molar-refractivity contribution in [3.05, 3.63) is 18.0 Å². The third kappa shape index (κ3) is 3.57. The third-order valence-corrected chi connectivity index (χ3v) is 5.57. The van der Waals surface area contributed by atoms with Crippen molar-refractivity contribution >= 4 is 11.8 Å². The van der Waals surface area contributed by atoms with Crippen molar-refractivity contribution in [2.45, 2.75) is 38.9 Å². The third-order valence-electron chi connectivity index (χ3n) is 4.52. The largest absolute Gasteiger partial charge is 0.298 e. The zero-order valence-corrected chi connectivity index (χ0v) is 13.3. The van der Waals surface area contributed by atoms with Crippen LogP contribution in [0.2, 0.25) is 0 Å². The second-order valence-corrected chi connectivity index (χ2v) is 7.04. The molecule has 0 saturated carbocycles. The number of hydrogen-bond donors (Lipinski definition) is 0. The SMILES string of the molecule is CCn1ccc(CN2CCN(C3CCSCC3)CC2)n1. The van der Waals surface area contributed by atoms with E-state index < -0.39 is 0 Å². The van der Waals surface area contributed by atoms with Crippen LogP contribution in [0.25, 0.3) is 0 Å². The van der Waals surface area contributed by atoms with Crippen LogP contribution in [0.4, 0.5) is 0 Å². The highest BCUT2D eigenvalue weighted by Crippen LogP contribution is 2.22. The van der Waals surface area contributed by atoms with Crippen molar-refractivity contribution in [2.24, 2.45) is 0 Å². The summed E-state index contributed by atoms with van der Waals surface area (Å²) in [6, 6.07) is 3.02. The van der Waals surface area contributed by atoms with Crippen LogP contribution >= 0.6 is 11.8 Å². The van der Waals surface area contributed by atoms with Gasteiger partial charge in [0.25, 0.3) is 0 Å². The van der Waals surface area contributed by atoms with E-state index in [0.717, 1.165) is 19.1 Å². The summed E-state index contributed by atoms with van der Waals surface area (Å²) in [7, 11) is 0. The fourth-order valence-corrected chi connectivity index (χ4v) is 4.31. The molecular formula is C15H26N4S. The molecular weight excluding hydrogens is 268 g/mol. The molecule has 2 saturated heterocycles. The molecule has 2 aliphatic heterocycles. The summed E-state index contributed by atoms with van der Waals surface area (Å²) in [5.41, 5.74) is 1.22. The maximum atomic E-state index is 4.59. The van der Waals surface area contributed by atoms with Crippen LogP contribution in [0.5, 0.6) is 0 Å². The number of nitrogens with zero attached hydrogens (tertiary/aromatic N) is 4. The molecule has 0 amide bonds. The Morgan fingerprint density at radius 1 is 1.20 bits per heavy atom. The minimum Gasteiger partial charge on any atom is -0.298 e. The van der Waals surface area contributed by atoms with Crippen LogP contribution < -0.4 is 0 Å². The summed E-state index contributed by atoms with van der Waals surface area (Å²) in [4.78, 5) is 5.28. The summed E-state index contributed by atoms with van der Waals surface area (Å²) < 4.78 is 2.02. The Morgan fingerprint density at radius 2 is 1.95 bits per heavy atom. The first kappa shape index (κ1) is 14.4. The van der Waals surface area contributed by atoms with E-state index in [4.69, 9.17) is 0 Å². The van der Waals surface area contributed by atoms with Crippen molar-refractivity contribution in [2.75, 3.05) is 37.7 Å². The minimum absolute atomic E-state index is 0.859. The topological polar surface area (TPSA) is 24.3 Å². The van der Waals surface area contributed by atoms with Gasteiger partial charge < -0.3 is 0 Å². The zero-order chi connectivity index (χ0) is 13.8. The summed E-state index contributed by atoms with van der Waals surface area (Å²) in [6.45, 7) is 8.99. The lowest BCUT2D eigenvalue weighted by atomic mass is 10.1. The second kappa shape index (κ2) is 6.96. The molecule has 0 N–H and O–H groups in total. The zero-order valence-electron chi connectivity index (χ0n) is 12.5. The van der Waals surface area contributed by atoms with Gasteiger partial charge in [-0.2, -0.15) is 16.9 Å². The van der Waals surface area contributed by atoms with E-state index >= 15 is 0 Å². The van der Waals surface area contributed by atoms with Crippen LogP contribution in [0.1, 0.15) is 25.5 Å². The molecule has 0 aromatic carbocycles. The van der Waals surface area contributed by atoms with E-state index in [9.17, 15) is 0 Å². The number of hydrogen-bond acceptors (Lipinski definition) is 4. The predicted octanol–water partition coefficient (Wildman–Crippen LogP) is 1.92. The predicted molar refractivity (Wildman–Crippen MR) is 85.1 cm³/mol. The maximum Gasteiger partial charge on any atom is 0.0764 e. The Kier molecular flexibility index (Phi) is 5.02. The Balaban J connectivity index is 1.45. The van der Waals surface area contributed by atoms with Crippen molar-refractivity contribution in [3.63, 3.8) is 0 Å². The van der Waals surface area contributed by atoms with Gasteiger partial charge in [0.2, 0.25) is 0 Å². The monoisotopic (exact) mass is 294 g/mol. The molecule has 20 heavy (non-hydrogen) atoms. The lowest BCUT2D eigenvalue weighted by molar-refractivity contribution is 0.0871. The van der Waals surface area contributed by atoms with Gasteiger partial charge >= 0.3 is 0 Å². The van der Waals surface area contributed by atoms with E-state index in [1.54, 1.807) is 0 Å². The first-order valence-corrected chi connectivity index (χ1v) is 9.07. The van der Waals surface area contributed by atoms with Crippen LogP contribution in [0.15, 0.2) is 12.3 Å². The van der Waals surface area contributed by atoms with Gasteiger partial charge in [-0.05, 0) is 37.3 Å². The molecule has 4 nitrogen and oxygen atoms in total. The molecule has 2 fully saturated rings. The molecule has 3 heterocycles. The van der Waals surface area contributed by atoms with E-state index in [0.29, 0.717) is 0 Å². The number of rotatable bonds is 4. The molecule has 3 rings (SSSR count). The molecule has 0 atom stereocenters. The normalized spacial score (nSPS) is 23.2. The van der Waals surface area contributed by atoms with Gasteiger partial charge in [0.1, 0.15) is 0 Å². The average Bonchev–Trinajstić information content (AvgIpc) is 2.97. The molecule has 5 heteroatoms. The van der Waals surface area contributed by atoms with E-state index in [1.807, 2.05) is 4.68 Å². The number of aryl methyl sites for hydroxylation is 1. The van der Waals surface area contributed by atoms with Crippen LogP contribution in [0, 0.1) is 0 Å². The van der Waals surface area contributed by atoms with Crippen LogP contribution in [-0.4, -0.2) is 63.3 Å². The van der Waals surface area contributed by atoms with Crippen molar-refractivity contribution in [1.29, 1.82) is 0 Å². The summed E-state index contributed by atoms with van der Waals surface area (Å²) in [5, 5.41) is 4.59. The van der Waals surface area contributed by atoms with E-state index in [2.05, 4.69) is 45.8 Å². The lowest BCUT2D eigenvalue weighted by Gasteiger charge is -2.40. The van der Waals surface area contributed by atoms with Gasteiger partial charge in [-0.25, -0.2) is 0 Å². The number of piperazine rings is 1. The molecule has 2 aliphatic rings. The van der Waals surface area contributed by atoms with Crippen LogP contribution in [0.3, 0.4) is 0 Å². The maximum absolute atomic E-state index is 4.59. The smallest absolute Gasteiger partial charge is 0.0764 e. The van der Waals surface area contributed by atoms with E-state index in [-0.39, 0.29) is 0 Å². The molecule has 112 valence electrons. The number of thioether (sulfide) groups is 1. The number of aromatic nitrogens is 2. The molecule has 0 spiro atoms. The highest BCUT2D eigenvalue weighted by molar-refractivity contribution is 7.99. The molecule has 0 bridgehead atoms. The Hall–Kier alpha value is -0.520. The van der Waals surface area contributed by atoms with Gasteiger partial charge in [0.05, 0.1) is 5.69 Å². The van der Waals surface area contributed by atoms with E-state index in [1.165, 1.54) is 56.2 Å². The van der Waals surface area contributed by atoms with Gasteiger partial charge in [0, 0.05) is 51.5 Å². The first-order chi connectivity index (χ1) is 9.85. The van der Waals surface area contributed by atoms with Crippen molar-refractivity contribution in [1.82, 2.24) is 19.6 Å². The highest BCUT2D eigenvalue weighted by Gasteiger charge is 2.25. The molecule has 0 unspecified atom stereocenters. The lowest BCUT2D eigenvalue weighted by Crippen LogP contribution is -2.50. The van der Waals surface area contributed by atoms with Gasteiger partial charge in [0.15, 0.2) is 0 Å². The standard InChI is InChI=1S/C15H26N4S/c1-2-19-6-3-14(16-19)13-17-7-9-18(10-8-17)15-4-11-20-12-5-15/h3,6,15H,2,4-5,7-13H2,1H3. The highest BCUT2D eigenvalue weighted by atomic mass is 32.2. The van der Waals surface area contributed by atoms with Crippen LogP contribution in [-0.2, 0) is 13.1 Å². The first-order valence-electron chi connectivity index (χ1n) is 7.91. The van der Waals surface area contributed by atoms with Gasteiger partial charge in [-0.3, -0.25) is 14.5 Å². The van der Waals surface area contributed by atoms with Crippen molar-refractivity contribution in [3.8, 4) is 0 Å². The van der Waals surface area contributed by atoms with Gasteiger partial charge in [-0.1, -0.05) is 0 Å². The second-order valence-electron chi connectivity index (χ2n) is 5.82. The minimum atomic E-state index is 0.859. The Labute approximate surface area is 126 Å². The molecule has 1 aromatic heterocycles. The molecule has 1 aromatic rings. The summed E-state index contributed by atoms with van der Waals surface area (Å²) >= 11 is 2.12. The fraction of sp³-hybridized carbons (Fsp3) is 0.800. The molecule has 0 radical (unpaired) electrons. The quantitative estimate of drug-likeness (QED) is 0.847. The summed E-state index contributed by atoms with van der Waals surface area (Å²) in [6.07, 6.45) is 4.88. The average molecular weight is 294 g/mol.